The molecule has 0 rings (SSSR count). The summed E-state index contributed by atoms with van der Waals surface area (Å²) in [5, 5.41) is 0. The second kappa shape index (κ2) is 9.68. The van der Waals surface area contributed by atoms with Crippen LogP contribution in [-0.2, 0) is 19.0 Å². The van der Waals surface area contributed by atoms with E-state index < -0.39 is 5.97 Å². The van der Waals surface area contributed by atoms with Gasteiger partial charge >= 0.3 is 5.97 Å². The number of ether oxygens (including phenoxy) is 3. The van der Waals surface area contributed by atoms with Crippen molar-refractivity contribution >= 4 is 5.97 Å². The highest BCUT2D eigenvalue weighted by Crippen LogP contribution is 1.95. The predicted octanol–water partition coefficient (Wildman–Crippen LogP) is 1.55. The maximum absolute atomic E-state index is 11.1. The largest absolute Gasteiger partial charge is 0.463 e. The second-order valence-electron chi connectivity index (χ2n) is 2.99. The fraction of sp³-hybridized carbons (Fsp3) is 0.727. The Kier molecular flexibility index (Phi) is 9.11. The average molecular weight is 216 g/mol. The summed E-state index contributed by atoms with van der Waals surface area (Å²) in [6, 6.07) is 0. The van der Waals surface area contributed by atoms with Crippen LogP contribution in [0.2, 0.25) is 0 Å². The smallest absolute Gasteiger partial charge is 0.335 e. The maximum atomic E-state index is 11.1. The van der Waals surface area contributed by atoms with Crippen LogP contribution in [0.5, 0.6) is 0 Å². The van der Waals surface area contributed by atoms with Gasteiger partial charge in [0.25, 0.3) is 0 Å². The first-order chi connectivity index (χ1) is 7.22. The van der Waals surface area contributed by atoms with Crippen molar-refractivity contribution in [3.63, 3.8) is 0 Å². The summed E-state index contributed by atoms with van der Waals surface area (Å²) in [4.78, 5) is 11.1. The van der Waals surface area contributed by atoms with Gasteiger partial charge in [-0.25, -0.2) is 4.79 Å². The van der Waals surface area contributed by atoms with Crippen LogP contribution in [-0.4, -0.2) is 39.0 Å². The van der Waals surface area contributed by atoms with Gasteiger partial charge in [0.15, 0.2) is 0 Å². The summed E-state index contributed by atoms with van der Waals surface area (Å²) in [6.07, 6.45) is 0.996. The predicted molar refractivity (Wildman–Crippen MR) is 57.7 cm³/mol. The van der Waals surface area contributed by atoms with E-state index in [0.717, 1.165) is 13.0 Å². The molecule has 0 aromatic carbocycles. The minimum atomic E-state index is -0.396. The first kappa shape index (κ1) is 14.1. The Balaban J connectivity index is 3.35. The highest BCUT2D eigenvalue weighted by atomic mass is 16.5. The molecular formula is C11H20O4. The van der Waals surface area contributed by atoms with Gasteiger partial charge in [-0.3, -0.25) is 0 Å². The number of esters is 1. The lowest BCUT2D eigenvalue weighted by Gasteiger charge is -2.06. The molecule has 4 heteroatoms. The van der Waals surface area contributed by atoms with Crippen LogP contribution in [0.25, 0.3) is 0 Å². The van der Waals surface area contributed by atoms with E-state index in [0.29, 0.717) is 25.4 Å². The van der Waals surface area contributed by atoms with Gasteiger partial charge in [-0.15, -0.1) is 0 Å². The van der Waals surface area contributed by atoms with E-state index >= 15 is 0 Å². The normalized spacial score (nSPS) is 10.0. The molecule has 0 aromatic heterocycles. The van der Waals surface area contributed by atoms with Gasteiger partial charge in [-0.1, -0.05) is 13.5 Å². The van der Waals surface area contributed by atoms with Crippen molar-refractivity contribution in [2.75, 3.05) is 33.0 Å². The summed E-state index contributed by atoms with van der Waals surface area (Å²) in [7, 11) is 0. The lowest BCUT2D eigenvalue weighted by Crippen LogP contribution is -2.13. The molecule has 0 aromatic rings. The molecule has 0 spiro atoms. The van der Waals surface area contributed by atoms with E-state index in [2.05, 4.69) is 6.58 Å². The molecule has 0 fully saturated rings. The third kappa shape index (κ3) is 8.15. The van der Waals surface area contributed by atoms with Crippen molar-refractivity contribution in [3.05, 3.63) is 12.2 Å². The summed E-state index contributed by atoms with van der Waals surface area (Å²) in [6.45, 7) is 9.68. The van der Waals surface area contributed by atoms with Crippen molar-refractivity contribution in [1.29, 1.82) is 0 Å². The van der Waals surface area contributed by atoms with Gasteiger partial charge in [0.1, 0.15) is 0 Å². The first-order valence-electron chi connectivity index (χ1n) is 5.22. The topological polar surface area (TPSA) is 44.8 Å². The fourth-order valence-corrected chi connectivity index (χ4v) is 0.852. The Bertz CT molecular complexity index is 189. The highest BCUT2D eigenvalue weighted by molar-refractivity contribution is 5.87. The molecule has 0 heterocycles. The van der Waals surface area contributed by atoms with Crippen LogP contribution < -0.4 is 0 Å². The molecule has 0 radical (unpaired) electrons. The average Bonchev–Trinajstić information content (AvgIpc) is 2.23. The van der Waals surface area contributed by atoms with E-state index in [1.54, 1.807) is 6.92 Å². The SMILES string of the molecule is C=C(COCCOCCC)C(=O)OCC. The summed E-state index contributed by atoms with van der Waals surface area (Å²) < 4.78 is 15.1. The quantitative estimate of drug-likeness (QED) is 0.333. The standard InChI is InChI=1S/C11H20O4/c1-4-6-13-7-8-14-9-10(3)11(12)15-5-2/h3-9H2,1-2H3. The maximum Gasteiger partial charge on any atom is 0.335 e. The Morgan fingerprint density at radius 2 is 1.80 bits per heavy atom. The third-order valence-corrected chi connectivity index (χ3v) is 1.56. The molecule has 0 bridgehead atoms. The van der Waals surface area contributed by atoms with E-state index in [-0.39, 0.29) is 6.61 Å². The zero-order valence-corrected chi connectivity index (χ0v) is 9.58. The van der Waals surface area contributed by atoms with Crippen molar-refractivity contribution in [2.45, 2.75) is 20.3 Å². The van der Waals surface area contributed by atoms with Crippen molar-refractivity contribution in [3.8, 4) is 0 Å². The molecule has 88 valence electrons. The molecular weight excluding hydrogens is 196 g/mol. The van der Waals surface area contributed by atoms with Gasteiger partial charge in [-0.2, -0.15) is 0 Å². The molecule has 0 aliphatic heterocycles. The van der Waals surface area contributed by atoms with Crippen LogP contribution in [0, 0.1) is 0 Å². The van der Waals surface area contributed by atoms with E-state index in [1.807, 2.05) is 6.92 Å². The molecule has 4 nitrogen and oxygen atoms in total. The monoisotopic (exact) mass is 216 g/mol. The van der Waals surface area contributed by atoms with Crippen LogP contribution in [0.1, 0.15) is 20.3 Å². The van der Waals surface area contributed by atoms with Crippen LogP contribution in [0.15, 0.2) is 12.2 Å². The van der Waals surface area contributed by atoms with Crippen molar-refractivity contribution in [2.24, 2.45) is 0 Å². The molecule has 0 atom stereocenters. The summed E-state index contributed by atoms with van der Waals surface area (Å²) in [5.74, 6) is -0.396. The summed E-state index contributed by atoms with van der Waals surface area (Å²) in [5.41, 5.74) is 0.340. The molecule has 0 aliphatic carbocycles. The van der Waals surface area contributed by atoms with Gasteiger partial charge in [0.05, 0.1) is 32.0 Å². The fourth-order valence-electron chi connectivity index (χ4n) is 0.852. The van der Waals surface area contributed by atoms with E-state index in [1.165, 1.54) is 0 Å². The van der Waals surface area contributed by atoms with E-state index in [9.17, 15) is 4.79 Å². The minimum absolute atomic E-state index is 0.203. The van der Waals surface area contributed by atoms with Crippen molar-refractivity contribution in [1.82, 2.24) is 0 Å². The number of rotatable bonds is 9. The Labute approximate surface area is 91.2 Å². The number of hydrogen-bond acceptors (Lipinski definition) is 4. The molecule has 0 aliphatic rings. The third-order valence-electron chi connectivity index (χ3n) is 1.56. The number of hydrogen-bond donors (Lipinski definition) is 0. The van der Waals surface area contributed by atoms with Crippen molar-refractivity contribution < 1.29 is 19.0 Å². The lowest BCUT2D eigenvalue weighted by molar-refractivity contribution is -0.139. The van der Waals surface area contributed by atoms with E-state index in [4.69, 9.17) is 14.2 Å². The highest BCUT2D eigenvalue weighted by Gasteiger charge is 2.06. The van der Waals surface area contributed by atoms with Crippen LogP contribution in [0.4, 0.5) is 0 Å². The zero-order chi connectivity index (χ0) is 11.5. The van der Waals surface area contributed by atoms with Gasteiger partial charge in [0.2, 0.25) is 0 Å². The Morgan fingerprint density at radius 3 is 2.40 bits per heavy atom. The van der Waals surface area contributed by atoms with Gasteiger partial charge in [-0.05, 0) is 13.3 Å². The first-order valence-corrected chi connectivity index (χ1v) is 5.22. The lowest BCUT2D eigenvalue weighted by atomic mass is 10.3. The Morgan fingerprint density at radius 1 is 1.13 bits per heavy atom. The molecule has 0 unspecified atom stereocenters. The van der Waals surface area contributed by atoms with Crippen LogP contribution in [0.3, 0.4) is 0 Å². The molecule has 0 saturated heterocycles. The molecule has 15 heavy (non-hydrogen) atoms. The zero-order valence-electron chi connectivity index (χ0n) is 9.58. The second-order valence-corrected chi connectivity index (χ2v) is 2.99. The van der Waals surface area contributed by atoms with Gasteiger partial charge in [0, 0.05) is 6.61 Å². The van der Waals surface area contributed by atoms with Crippen LogP contribution >= 0.6 is 0 Å². The molecule has 0 saturated carbocycles. The van der Waals surface area contributed by atoms with Gasteiger partial charge < -0.3 is 14.2 Å². The molecule has 0 amide bonds. The number of carbonyl (C=O) groups is 1. The minimum Gasteiger partial charge on any atom is -0.463 e. The molecule has 0 N–H and O–H groups in total. The summed E-state index contributed by atoms with van der Waals surface area (Å²) >= 11 is 0. The Hall–Kier alpha value is -0.870. The number of carbonyl (C=O) groups excluding carboxylic acids is 1.